The third kappa shape index (κ3) is 6.11. The summed E-state index contributed by atoms with van der Waals surface area (Å²) in [5, 5.41) is 3.35. The quantitative estimate of drug-likeness (QED) is 0.628. The first-order chi connectivity index (χ1) is 16.6. The zero-order chi connectivity index (χ0) is 25.2. The van der Waals surface area contributed by atoms with Crippen LogP contribution in [0.1, 0.15) is 38.4 Å². The first-order valence-corrected chi connectivity index (χ1v) is 12.3. The second kappa shape index (κ2) is 10.5. The largest absolute Gasteiger partial charge is 0.462 e. The van der Waals surface area contributed by atoms with Gasteiger partial charge in [0, 0.05) is 44.3 Å². The van der Waals surface area contributed by atoms with Gasteiger partial charge in [0.1, 0.15) is 30.2 Å². The van der Waals surface area contributed by atoms with Crippen molar-refractivity contribution in [3.05, 3.63) is 22.7 Å². The first-order valence-electron chi connectivity index (χ1n) is 12.3. The molecule has 4 heterocycles. The molecule has 0 aromatic carbocycles. The first kappa shape index (κ1) is 25.4. The number of carbonyl (C=O) groups excluding carboxylic acids is 1. The van der Waals surface area contributed by atoms with E-state index in [1.807, 2.05) is 32.7 Å². The third-order valence-corrected chi connectivity index (χ3v) is 6.65. The molecular formula is C24H36FN7O3. The number of fused-ring (bicyclic) bond motifs is 1. The van der Waals surface area contributed by atoms with Gasteiger partial charge in [-0.15, -0.1) is 0 Å². The van der Waals surface area contributed by atoms with Crippen molar-refractivity contribution in [1.29, 1.82) is 0 Å². The molecule has 2 saturated heterocycles. The maximum absolute atomic E-state index is 13.8. The molecule has 192 valence electrons. The third-order valence-electron chi connectivity index (χ3n) is 6.65. The number of nitrogens with zero attached hydrogens (tertiary/aromatic N) is 6. The normalized spacial score (nSPS) is 25.2. The Morgan fingerprint density at radius 1 is 1.26 bits per heavy atom. The van der Waals surface area contributed by atoms with Gasteiger partial charge in [-0.25, -0.2) is 15.8 Å². The minimum absolute atomic E-state index is 0.00775. The van der Waals surface area contributed by atoms with Crippen molar-refractivity contribution < 1.29 is 18.7 Å². The van der Waals surface area contributed by atoms with Crippen molar-refractivity contribution in [3.8, 4) is 6.01 Å². The summed E-state index contributed by atoms with van der Waals surface area (Å²) in [6, 6.07) is -0.0255. The van der Waals surface area contributed by atoms with Crippen LogP contribution in [0.4, 0.5) is 15.0 Å². The van der Waals surface area contributed by atoms with E-state index in [9.17, 15) is 9.18 Å². The molecule has 1 amide bonds. The van der Waals surface area contributed by atoms with Crippen LogP contribution in [0.25, 0.3) is 4.85 Å². The van der Waals surface area contributed by atoms with E-state index in [4.69, 9.17) is 21.0 Å². The molecule has 3 aliphatic heterocycles. The maximum atomic E-state index is 13.8. The smallest absolute Gasteiger partial charge is 0.410 e. The fourth-order valence-corrected chi connectivity index (χ4v) is 4.89. The highest BCUT2D eigenvalue weighted by Crippen LogP contribution is 2.29. The minimum atomic E-state index is -0.835. The van der Waals surface area contributed by atoms with Crippen LogP contribution in [-0.2, 0) is 17.7 Å². The van der Waals surface area contributed by atoms with Gasteiger partial charge >= 0.3 is 12.1 Å². The number of likely N-dealkylation sites (N-methyl/N-ethyl adjacent to an activating group) is 1. The van der Waals surface area contributed by atoms with Gasteiger partial charge in [0.05, 0.1) is 5.69 Å². The topological polar surface area (TPSA) is 87.4 Å². The number of halogens is 1. The second-order valence-electron chi connectivity index (χ2n) is 10.5. The zero-order valence-corrected chi connectivity index (χ0v) is 21.1. The van der Waals surface area contributed by atoms with Gasteiger partial charge in [-0.3, -0.25) is 9.80 Å². The van der Waals surface area contributed by atoms with Crippen LogP contribution in [0.5, 0.6) is 6.01 Å². The number of nitrogens with one attached hydrogen (secondary N) is 1. The van der Waals surface area contributed by atoms with Crippen LogP contribution in [0, 0.1) is 6.57 Å². The standard InChI is InChI=1S/C24H36FN7O3/c1-24(2,3)35-23(33)32-9-8-31(14-18(32)11-26-4)21-19-6-7-27-12-20(19)28-22(29-21)34-15-17-10-16(25)13-30(17)5/h16-18,27H,6-15H2,1-3,5H3/t16-,17-,18+/m1/s1. The summed E-state index contributed by atoms with van der Waals surface area (Å²) in [6.45, 7) is 16.8. The molecule has 0 saturated carbocycles. The number of alkyl halides is 1. The lowest BCUT2D eigenvalue weighted by Crippen LogP contribution is -2.57. The molecule has 0 bridgehead atoms. The van der Waals surface area contributed by atoms with E-state index in [0.717, 1.165) is 30.0 Å². The maximum Gasteiger partial charge on any atom is 0.410 e. The van der Waals surface area contributed by atoms with Gasteiger partial charge in [0.25, 0.3) is 0 Å². The number of hydrogen-bond acceptors (Lipinski definition) is 8. The summed E-state index contributed by atoms with van der Waals surface area (Å²) in [5.74, 6) is 0.800. The number of hydrogen-bond donors (Lipinski definition) is 1. The SMILES string of the molecule is [C-]#[N+]C[C@H]1CN(c2nc(OC[C@H]3C[C@@H](F)CN3C)nc3c2CCNC3)CCN1C(=O)OC(C)(C)C. The van der Waals surface area contributed by atoms with E-state index in [1.54, 1.807) is 4.90 Å². The Kier molecular flexibility index (Phi) is 7.62. The summed E-state index contributed by atoms with van der Waals surface area (Å²) in [4.78, 5) is 31.6. The molecule has 0 unspecified atom stereocenters. The zero-order valence-electron chi connectivity index (χ0n) is 21.1. The summed E-state index contributed by atoms with van der Waals surface area (Å²) in [5.41, 5.74) is 1.37. The molecule has 0 aliphatic carbocycles. The van der Waals surface area contributed by atoms with Gasteiger partial charge in [-0.1, -0.05) is 0 Å². The van der Waals surface area contributed by atoms with Crippen molar-refractivity contribution in [2.45, 2.75) is 64.0 Å². The Morgan fingerprint density at radius 3 is 2.74 bits per heavy atom. The number of carbonyl (C=O) groups is 1. The van der Waals surface area contributed by atoms with Gasteiger partial charge < -0.3 is 24.5 Å². The van der Waals surface area contributed by atoms with Gasteiger partial charge in [-0.2, -0.15) is 9.97 Å². The second-order valence-corrected chi connectivity index (χ2v) is 10.5. The number of amides is 1. The number of ether oxygens (including phenoxy) is 2. The minimum Gasteiger partial charge on any atom is -0.462 e. The number of piperazine rings is 1. The van der Waals surface area contributed by atoms with E-state index in [2.05, 4.69) is 20.0 Å². The van der Waals surface area contributed by atoms with Crippen LogP contribution in [0.15, 0.2) is 0 Å². The summed E-state index contributed by atoms with van der Waals surface area (Å²) in [6.07, 6.45) is 0.00877. The van der Waals surface area contributed by atoms with Crippen molar-refractivity contribution in [3.63, 3.8) is 0 Å². The van der Waals surface area contributed by atoms with Crippen molar-refractivity contribution in [2.75, 3.05) is 57.8 Å². The number of anilines is 1. The lowest BCUT2D eigenvalue weighted by Gasteiger charge is -2.41. The van der Waals surface area contributed by atoms with Crippen LogP contribution >= 0.6 is 0 Å². The van der Waals surface area contributed by atoms with Gasteiger partial charge in [0.2, 0.25) is 6.54 Å². The average molecular weight is 490 g/mol. The van der Waals surface area contributed by atoms with Gasteiger partial charge in [0.15, 0.2) is 0 Å². The van der Waals surface area contributed by atoms with Crippen LogP contribution in [0.2, 0.25) is 0 Å². The number of aromatic nitrogens is 2. The summed E-state index contributed by atoms with van der Waals surface area (Å²) in [7, 11) is 1.90. The molecular weight excluding hydrogens is 453 g/mol. The van der Waals surface area contributed by atoms with E-state index in [0.29, 0.717) is 45.8 Å². The van der Waals surface area contributed by atoms with E-state index in [1.165, 1.54) is 0 Å². The molecule has 1 N–H and O–H groups in total. The highest BCUT2D eigenvalue weighted by atomic mass is 19.1. The summed E-state index contributed by atoms with van der Waals surface area (Å²) < 4.78 is 25.3. The molecule has 1 aromatic rings. The van der Waals surface area contributed by atoms with Crippen LogP contribution in [0.3, 0.4) is 0 Å². The monoisotopic (exact) mass is 489 g/mol. The fourth-order valence-electron chi connectivity index (χ4n) is 4.89. The Morgan fingerprint density at radius 2 is 2.06 bits per heavy atom. The lowest BCUT2D eigenvalue weighted by molar-refractivity contribution is 0.0155. The van der Waals surface area contributed by atoms with E-state index >= 15 is 0 Å². The predicted molar refractivity (Wildman–Crippen MR) is 129 cm³/mol. The average Bonchev–Trinajstić information content (AvgIpc) is 3.12. The van der Waals surface area contributed by atoms with E-state index < -0.39 is 17.9 Å². The molecule has 35 heavy (non-hydrogen) atoms. The highest BCUT2D eigenvalue weighted by molar-refractivity contribution is 5.69. The fraction of sp³-hybridized carbons (Fsp3) is 0.750. The molecule has 4 rings (SSSR count). The van der Waals surface area contributed by atoms with Crippen molar-refractivity contribution >= 4 is 11.9 Å². The lowest BCUT2D eigenvalue weighted by atomic mass is 10.1. The highest BCUT2D eigenvalue weighted by Gasteiger charge is 2.37. The molecule has 3 aliphatic rings. The van der Waals surface area contributed by atoms with Crippen LogP contribution < -0.4 is 15.0 Å². The molecule has 0 spiro atoms. The van der Waals surface area contributed by atoms with Crippen LogP contribution in [-0.4, -0.2) is 103 Å². The Bertz CT molecular complexity index is 964. The molecule has 2 fully saturated rings. The molecule has 1 aromatic heterocycles. The molecule has 11 heteroatoms. The Hall–Kier alpha value is -2.71. The molecule has 0 radical (unpaired) electrons. The van der Waals surface area contributed by atoms with E-state index in [-0.39, 0.29) is 24.6 Å². The van der Waals surface area contributed by atoms with Crippen molar-refractivity contribution in [1.82, 2.24) is 25.1 Å². The summed E-state index contributed by atoms with van der Waals surface area (Å²) >= 11 is 0. The molecule has 10 nitrogen and oxygen atoms in total. The Labute approximate surface area is 206 Å². The Balaban J connectivity index is 1.53. The van der Waals surface area contributed by atoms with Gasteiger partial charge in [-0.05, 0) is 47.2 Å². The molecule has 3 atom stereocenters. The number of rotatable bonds is 5. The van der Waals surface area contributed by atoms with Crippen molar-refractivity contribution in [2.24, 2.45) is 0 Å². The number of likely N-dealkylation sites (tertiary alicyclic amines) is 1. The predicted octanol–water partition coefficient (Wildman–Crippen LogP) is 1.89.